The van der Waals surface area contributed by atoms with Crippen molar-refractivity contribution in [3.63, 3.8) is 0 Å². The van der Waals surface area contributed by atoms with E-state index in [-0.39, 0.29) is 12.5 Å². The predicted octanol–water partition coefficient (Wildman–Crippen LogP) is 2.90. The molecule has 0 aliphatic carbocycles. The zero-order valence-electron chi connectivity index (χ0n) is 17.6. The Morgan fingerprint density at radius 3 is 2.33 bits per heavy atom. The van der Waals surface area contributed by atoms with E-state index in [2.05, 4.69) is 5.32 Å². The number of hydrogen-bond donors (Lipinski definition) is 1. The maximum absolute atomic E-state index is 13.1. The molecule has 1 aliphatic rings. The number of likely N-dealkylation sites (N-methyl/N-ethyl adjacent to an activating group) is 1. The Labute approximate surface area is 176 Å². The fourth-order valence-electron chi connectivity index (χ4n) is 3.61. The van der Waals surface area contributed by atoms with Crippen molar-refractivity contribution in [3.8, 4) is 5.75 Å². The van der Waals surface area contributed by atoms with Gasteiger partial charge in [0.15, 0.2) is 0 Å². The van der Waals surface area contributed by atoms with Crippen LogP contribution >= 0.6 is 0 Å². The fourth-order valence-corrected chi connectivity index (χ4v) is 3.61. The SMILES string of the molecule is CCOc1ccc(CN(C)C(=O)CN2C(=O)N[C@](CC)(c3ccccc3)C2=O)cc1. The summed E-state index contributed by atoms with van der Waals surface area (Å²) in [6.07, 6.45) is 0.397. The van der Waals surface area contributed by atoms with Gasteiger partial charge in [0.05, 0.1) is 6.61 Å². The number of hydrogen-bond acceptors (Lipinski definition) is 4. The third kappa shape index (κ3) is 4.15. The minimum Gasteiger partial charge on any atom is -0.494 e. The largest absolute Gasteiger partial charge is 0.494 e. The molecule has 7 nitrogen and oxygen atoms in total. The molecule has 0 radical (unpaired) electrons. The number of carbonyl (C=O) groups excluding carboxylic acids is 3. The van der Waals surface area contributed by atoms with Crippen LogP contribution in [0.15, 0.2) is 54.6 Å². The van der Waals surface area contributed by atoms with Gasteiger partial charge in [-0.2, -0.15) is 0 Å². The van der Waals surface area contributed by atoms with Gasteiger partial charge in [-0.15, -0.1) is 0 Å². The monoisotopic (exact) mass is 409 g/mol. The van der Waals surface area contributed by atoms with Gasteiger partial charge in [0.1, 0.15) is 17.8 Å². The summed E-state index contributed by atoms with van der Waals surface area (Å²) >= 11 is 0. The summed E-state index contributed by atoms with van der Waals surface area (Å²) in [6, 6.07) is 16.1. The average Bonchev–Trinajstić information content (AvgIpc) is 3.01. The molecule has 0 saturated carbocycles. The van der Waals surface area contributed by atoms with E-state index >= 15 is 0 Å². The van der Waals surface area contributed by atoms with Gasteiger partial charge in [0.25, 0.3) is 5.91 Å². The van der Waals surface area contributed by atoms with Crippen molar-refractivity contribution in [2.24, 2.45) is 0 Å². The zero-order valence-corrected chi connectivity index (χ0v) is 17.6. The summed E-state index contributed by atoms with van der Waals surface area (Å²) in [5, 5.41) is 2.80. The molecule has 1 saturated heterocycles. The Kier molecular flexibility index (Phi) is 6.40. The maximum Gasteiger partial charge on any atom is 0.325 e. The summed E-state index contributed by atoms with van der Waals surface area (Å²) in [7, 11) is 1.65. The summed E-state index contributed by atoms with van der Waals surface area (Å²) in [5.74, 6) is 0.0581. The lowest BCUT2D eigenvalue weighted by atomic mass is 9.87. The minimum atomic E-state index is -1.13. The van der Waals surface area contributed by atoms with Crippen molar-refractivity contribution in [1.29, 1.82) is 0 Å². The molecule has 1 heterocycles. The Balaban J connectivity index is 1.68. The number of amides is 4. The van der Waals surface area contributed by atoms with E-state index < -0.39 is 17.5 Å². The molecule has 2 aromatic rings. The van der Waals surface area contributed by atoms with Crippen molar-refractivity contribution in [3.05, 3.63) is 65.7 Å². The van der Waals surface area contributed by atoms with Crippen molar-refractivity contribution >= 4 is 17.8 Å². The van der Waals surface area contributed by atoms with Crippen molar-refractivity contribution in [2.75, 3.05) is 20.2 Å². The van der Waals surface area contributed by atoms with E-state index in [4.69, 9.17) is 4.74 Å². The Hall–Kier alpha value is -3.35. The molecule has 0 unspecified atom stereocenters. The number of nitrogens with zero attached hydrogens (tertiary/aromatic N) is 2. The van der Waals surface area contributed by atoms with Crippen LogP contribution < -0.4 is 10.1 Å². The molecule has 7 heteroatoms. The molecule has 158 valence electrons. The Morgan fingerprint density at radius 1 is 1.07 bits per heavy atom. The van der Waals surface area contributed by atoms with Crippen molar-refractivity contribution in [2.45, 2.75) is 32.4 Å². The highest BCUT2D eigenvalue weighted by atomic mass is 16.5. The first-order valence-electron chi connectivity index (χ1n) is 10.1. The molecule has 3 rings (SSSR count). The lowest BCUT2D eigenvalue weighted by Crippen LogP contribution is -2.45. The van der Waals surface area contributed by atoms with Gasteiger partial charge in [-0.25, -0.2) is 4.79 Å². The second-order valence-corrected chi connectivity index (χ2v) is 7.27. The summed E-state index contributed by atoms with van der Waals surface area (Å²) in [6.45, 7) is 4.42. The van der Waals surface area contributed by atoms with Crippen molar-refractivity contribution < 1.29 is 19.1 Å². The van der Waals surface area contributed by atoms with Crippen LogP contribution in [0.5, 0.6) is 5.75 Å². The first kappa shape index (κ1) is 21.4. The quantitative estimate of drug-likeness (QED) is 0.680. The molecule has 1 atom stereocenters. The van der Waals surface area contributed by atoms with E-state index in [1.54, 1.807) is 7.05 Å². The molecule has 4 amide bonds. The van der Waals surface area contributed by atoms with Crippen LogP contribution in [0.4, 0.5) is 4.79 Å². The summed E-state index contributed by atoms with van der Waals surface area (Å²) < 4.78 is 5.42. The van der Waals surface area contributed by atoms with Crippen molar-refractivity contribution in [1.82, 2.24) is 15.1 Å². The number of imide groups is 1. The number of nitrogens with one attached hydrogen (secondary N) is 1. The number of urea groups is 1. The first-order chi connectivity index (χ1) is 14.4. The molecule has 2 aromatic carbocycles. The van der Waals surface area contributed by atoms with Crippen LogP contribution in [0, 0.1) is 0 Å². The van der Waals surface area contributed by atoms with Crippen LogP contribution in [0.1, 0.15) is 31.4 Å². The lowest BCUT2D eigenvalue weighted by molar-refractivity contribution is -0.138. The normalized spacial score (nSPS) is 18.3. The number of ether oxygens (including phenoxy) is 1. The van der Waals surface area contributed by atoms with Gasteiger partial charge >= 0.3 is 6.03 Å². The second-order valence-electron chi connectivity index (χ2n) is 7.27. The van der Waals surface area contributed by atoms with Gasteiger partial charge in [0, 0.05) is 13.6 Å². The Bertz CT molecular complexity index is 914. The molecule has 0 aromatic heterocycles. The maximum atomic E-state index is 13.1. The number of carbonyl (C=O) groups is 3. The number of benzene rings is 2. The minimum absolute atomic E-state index is 0.299. The molecule has 1 fully saturated rings. The average molecular weight is 409 g/mol. The van der Waals surface area contributed by atoms with Gasteiger partial charge in [-0.05, 0) is 36.6 Å². The molecule has 1 N–H and O–H groups in total. The third-order valence-electron chi connectivity index (χ3n) is 5.35. The van der Waals surface area contributed by atoms with Crippen LogP contribution in [-0.2, 0) is 21.7 Å². The van der Waals surface area contributed by atoms with E-state index in [0.29, 0.717) is 25.1 Å². The molecule has 0 spiro atoms. The summed E-state index contributed by atoms with van der Waals surface area (Å²) in [4.78, 5) is 40.9. The first-order valence-corrected chi connectivity index (χ1v) is 10.1. The Morgan fingerprint density at radius 2 is 1.73 bits per heavy atom. The highest BCUT2D eigenvalue weighted by Gasteiger charge is 2.51. The highest BCUT2D eigenvalue weighted by molar-refractivity contribution is 6.09. The molecule has 30 heavy (non-hydrogen) atoms. The number of rotatable bonds is 8. The van der Waals surface area contributed by atoms with Gasteiger partial charge < -0.3 is 15.0 Å². The van der Waals surface area contributed by atoms with Crippen LogP contribution in [0.2, 0.25) is 0 Å². The van der Waals surface area contributed by atoms with Gasteiger partial charge in [-0.3, -0.25) is 14.5 Å². The van der Waals surface area contributed by atoms with E-state index in [1.807, 2.05) is 68.4 Å². The molecule has 1 aliphatic heterocycles. The third-order valence-corrected chi connectivity index (χ3v) is 5.35. The van der Waals surface area contributed by atoms with E-state index in [9.17, 15) is 14.4 Å². The standard InChI is InChI=1S/C23H27N3O4/c1-4-23(18-9-7-6-8-10-18)21(28)26(22(29)24-23)16-20(27)25(3)15-17-11-13-19(14-12-17)30-5-2/h6-14H,4-5,15-16H2,1-3H3,(H,24,29)/t23-/m1/s1. The smallest absolute Gasteiger partial charge is 0.325 e. The zero-order chi connectivity index (χ0) is 21.7. The fraction of sp³-hybridized carbons (Fsp3) is 0.348. The van der Waals surface area contributed by atoms with Crippen LogP contribution in [-0.4, -0.2) is 47.8 Å². The molecular weight excluding hydrogens is 382 g/mol. The van der Waals surface area contributed by atoms with Crippen LogP contribution in [0.25, 0.3) is 0 Å². The van der Waals surface area contributed by atoms with Gasteiger partial charge in [-0.1, -0.05) is 49.4 Å². The molecule has 0 bridgehead atoms. The predicted molar refractivity (Wildman–Crippen MR) is 113 cm³/mol. The van der Waals surface area contributed by atoms with E-state index in [0.717, 1.165) is 16.2 Å². The topological polar surface area (TPSA) is 79.0 Å². The second kappa shape index (κ2) is 8.98. The summed E-state index contributed by atoms with van der Waals surface area (Å²) in [5.41, 5.74) is 0.508. The van der Waals surface area contributed by atoms with Crippen LogP contribution in [0.3, 0.4) is 0 Å². The molecular formula is C23H27N3O4. The lowest BCUT2D eigenvalue weighted by Gasteiger charge is -2.26. The van der Waals surface area contributed by atoms with Gasteiger partial charge in [0.2, 0.25) is 5.91 Å². The van der Waals surface area contributed by atoms with E-state index in [1.165, 1.54) is 4.90 Å². The highest BCUT2D eigenvalue weighted by Crippen LogP contribution is 2.32.